The van der Waals surface area contributed by atoms with E-state index in [-0.39, 0.29) is 5.97 Å². The first-order valence-corrected chi connectivity index (χ1v) is 9.81. The van der Waals surface area contributed by atoms with Crippen molar-refractivity contribution in [3.63, 3.8) is 0 Å². The molecule has 0 unspecified atom stereocenters. The second-order valence-electron chi connectivity index (χ2n) is 5.58. The number of carbonyl (C=O) groups excluding carboxylic acids is 1. The van der Waals surface area contributed by atoms with Crippen LogP contribution in [0.3, 0.4) is 0 Å². The zero-order valence-corrected chi connectivity index (χ0v) is 15.7. The smallest absolute Gasteiger partial charge is 0.348 e. The number of thiophene rings is 1. The SMILES string of the molecule is COC(=O)c1ccc(CCCN(Cc2ccccc2)c2nccs2)s1. The highest BCUT2D eigenvalue weighted by Gasteiger charge is 2.12. The number of hydrogen-bond donors (Lipinski definition) is 0. The minimum atomic E-state index is -0.260. The van der Waals surface area contributed by atoms with Crippen molar-refractivity contribution in [1.29, 1.82) is 0 Å². The number of anilines is 1. The lowest BCUT2D eigenvalue weighted by Crippen LogP contribution is -2.24. The van der Waals surface area contributed by atoms with Gasteiger partial charge in [0.05, 0.1) is 7.11 Å². The first-order valence-electron chi connectivity index (χ1n) is 8.11. The van der Waals surface area contributed by atoms with Crippen molar-refractivity contribution in [3.8, 4) is 0 Å². The van der Waals surface area contributed by atoms with Gasteiger partial charge in [0.25, 0.3) is 0 Å². The van der Waals surface area contributed by atoms with Crippen molar-refractivity contribution in [2.24, 2.45) is 0 Å². The molecule has 0 atom stereocenters. The highest BCUT2D eigenvalue weighted by Crippen LogP contribution is 2.22. The summed E-state index contributed by atoms with van der Waals surface area (Å²) < 4.78 is 4.76. The lowest BCUT2D eigenvalue weighted by atomic mass is 10.2. The van der Waals surface area contributed by atoms with E-state index in [1.807, 2.05) is 29.8 Å². The van der Waals surface area contributed by atoms with Gasteiger partial charge in [-0.2, -0.15) is 0 Å². The van der Waals surface area contributed by atoms with E-state index in [9.17, 15) is 4.79 Å². The number of nitrogens with zero attached hydrogens (tertiary/aromatic N) is 2. The van der Waals surface area contributed by atoms with Crippen molar-refractivity contribution < 1.29 is 9.53 Å². The van der Waals surface area contributed by atoms with Gasteiger partial charge in [-0.25, -0.2) is 9.78 Å². The van der Waals surface area contributed by atoms with Crippen LogP contribution in [0.5, 0.6) is 0 Å². The first kappa shape index (κ1) is 17.6. The second-order valence-corrected chi connectivity index (χ2v) is 7.62. The molecule has 2 heterocycles. The van der Waals surface area contributed by atoms with Gasteiger partial charge < -0.3 is 9.64 Å². The van der Waals surface area contributed by atoms with Gasteiger partial charge >= 0.3 is 5.97 Å². The molecule has 0 aliphatic heterocycles. The third-order valence-corrected chi connectivity index (χ3v) is 5.76. The lowest BCUT2D eigenvalue weighted by Gasteiger charge is -2.21. The molecule has 0 saturated heterocycles. The third kappa shape index (κ3) is 4.90. The summed E-state index contributed by atoms with van der Waals surface area (Å²) in [5.74, 6) is -0.260. The molecule has 0 spiro atoms. The number of ether oxygens (including phenoxy) is 1. The number of esters is 1. The van der Waals surface area contributed by atoms with Crippen LogP contribution in [0.1, 0.15) is 26.5 Å². The Labute approximate surface area is 155 Å². The highest BCUT2D eigenvalue weighted by molar-refractivity contribution is 7.14. The average molecular weight is 373 g/mol. The van der Waals surface area contributed by atoms with E-state index >= 15 is 0 Å². The van der Waals surface area contributed by atoms with E-state index in [1.165, 1.54) is 28.9 Å². The Morgan fingerprint density at radius 1 is 1.20 bits per heavy atom. The van der Waals surface area contributed by atoms with Gasteiger partial charge in [0.2, 0.25) is 0 Å². The van der Waals surface area contributed by atoms with E-state index in [0.29, 0.717) is 4.88 Å². The molecule has 3 rings (SSSR count). The van der Waals surface area contributed by atoms with Gasteiger partial charge in [0.15, 0.2) is 5.13 Å². The van der Waals surface area contributed by atoms with Crippen LogP contribution in [0.4, 0.5) is 5.13 Å². The maximum atomic E-state index is 11.5. The molecule has 0 amide bonds. The summed E-state index contributed by atoms with van der Waals surface area (Å²) in [7, 11) is 1.41. The highest BCUT2D eigenvalue weighted by atomic mass is 32.1. The third-order valence-electron chi connectivity index (χ3n) is 3.81. The van der Waals surface area contributed by atoms with Gasteiger partial charge in [-0.3, -0.25) is 0 Å². The molecule has 2 aromatic heterocycles. The monoisotopic (exact) mass is 372 g/mol. The van der Waals surface area contributed by atoms with Crippen LogP contribution in [0.2, 0.25) is 0 Å². The number of hydrogen-bond acceptors (Lipinski definition) is 6. The van der Waals surface area contributed by atoms with E-state index in [1.54, 1.807) is 11.3 Å². The minimum Gasteiger partial charge on any atom is -0.465 e. The minimum absolute atomic E-state index is 0.260. The van der Waals surface area contributed by atoms with Crippen LogP contribution in [0.15, 0.2) is 54.0 Å². The molecule has 4 nitrogen and oxygen atoms in total. The first-order chi connectivity index (χ1) is 12.3. The number of rotatable bonds is 8. The summed E-state index contributed by atoms with van der Waals surface area (Å²) in [6.45, 7) is 1.78. The maximum absolute atomic E-state index is 11.5. The fourth-order valence-electron chi connectivity index (χ4n) is 2.58. The molecule has 0 N–H and O–H groups in total. The fraction of sp³-hybridized carbons (Fsp3) is 0.263. The molecule has 0 bridgehead atoms. The van der Waals surface area contributed by atoms with Gasteiger partial charge in [-0.15, -0.1) is 22.7 Å². The second kappa shape index (κ2) is 8.78. The van der Waals surface area contributed by atoms with Crippen LogP contribution < -0.4 is 4.90 Å². The number of aromatic nitrogens is 1. The predicted octanol–water partition coefficient (Wildman–Crippen LogP) is 4.63. The van der Waals surface area contributed by atoms with Gasteiger partial charge in [-0.1, -0.05) is 30.3 Å². The zero-order valence-electron chi connectivity index (χ0n) is 14.1. The predicted molar refractivity (Wildman–Crippen MR) is 104 cm³/mol. The molecule has 0 aliphatic carbocycles. The van der Waals surface area contributed by atoms with Crippen LogP contribution in [-0.2, 0) is 17.7 Å². The molecular weight excluding hydrogens is 352 g/mol. The molecule has 0 aliphatic rings. The van der Waals surface area contributed by atoms with E-state index in [0.717, 1.165) is 31.1 Å². The summed E-state index contributed by atoms with van der Waals surface area (Å²) >= 11 is 3.18. The summed E-state index contributed by atoms with van der Waals surface area (Å²) in [4.78, 5) is 20.2. The standard InChI is InChI=1S/C19H20N2O2S2/c1-23-18(22)17-10-9-16(25-17)8-5-12-21(19-20-11-13-24-19)14-15-6-3-2-4-7-15/h2-4,6-7,9-11,13H,5,8,12,14H2,1H3. The molecule has 1 aromatic carbocycles. The largest absolute Gasteiger partial charge is 0.465 e. The molecule has 25 heavy (non-hydrogen) atoms. The van der Waals surface area contributed by atoms with E-state index in [2.05, 4.69) is 34.1 Å². The van der Waals surface area contributed by atoms with Gasteiger partial charge in [-0.05, 0) is 30.5 Å². The molecule has 0 fully saturated rings. The molecule has 0 saturated carbocycles. The number of benzene rings is 1. The Hall–Kier alpha value is -2.18. The number of methoxy groups -OCH3 is 1. The van der Waals surface area contributed by atoms with Gasteiger partial charge in [0.1, 0.15) is 4.88 Å². The Morgan fingerprint density at radius 3 is 2.76 bits per heavy atom. The van der Waals surface area contributed by atoms with Crippen molar-refractivity contribution in [2.45, 2.75) is 19.4 Å². The normalized spacial score (nSPS) is 10.6. The summed E-state index contributed by atoms with van der Waals surface area (Å²) in [6.07, 6.45) is 3.80. The topological polar surface area (TPSA) is 42.4 Å². The maximum Gasteiger partial charge on any atom is 0.348 e. The molecular formula is C19H20N2O2S2. The summed E-state index contributed by atoms with van der Waals surface area (Å²) in [5.41, 5.74) is 1.28. The molecule has 3 aromatic rings. The van der Waals surface area contributed by atoms with Crippen LogP contribution in [0, 0.1) is 0 Å². The van der Waals surface area contributed by atoms with Crippen LogP contribution in [-0.4, -0.2) is 24.6 Å². The quantitative estimate of drug-likeness (QED) is 0.541. The van der Waals surface area contributed by atoms with Crippen LogP contribution >= 0.6 is 22.7 Å². The Kier molecular flexibility index (Phi) is 6.19. The average Bonchev–Trinajstić information content (AvgIpc) is 3.33. The van der Waals surface area contributed by atoms with Gasteiger partial charge in [0, 0.05) is 29.5 Å². The lowest BCUT2D eigenvalue weighted by molar-refractivity contribution is 0.0606. The Bertz CT molecular complexity index is 785. The molecule has 6 heteroatoms. The zero-order chi connectivity index (χ0) is 17.5. The van der Waals surface area contributed by atoms with Crippen molar-refractivity contribution in [1.82, 2.24) is 4.98 Å². The summed E-state index contributed by atoms with van der Waals surface area (Å²) in [5, 5.41) is 3.06. The number of thiazole rings is 1. The van der Waals surface area contributed by atoms with Crippen molar-refractivity contribution >= 4 is 33.8 Å². The van der Waals surface area contributed by atoms with Crippen molar-refractivity contribution in [3.05, 3.63) is 69.4 Å². The van der Waals surface area contributed by atoms with E-state index in [4.69, 9.17) is 4.74 Å². The number of carbonyl (C=O) groups is 1. The molecule has 0 radical (unpaired) electrons. The molecule has 130 valence electrons. The van der Waals surface area contributed by atoms with E-state index < -0.39 is 0 Å². The Morgan fingerprint density at radius 2 is 2.04 bits per heavy atom. The number of aryl methyl sites for hydroxylation is 1. The summed E-state index contributed by atoms with van der Waals surface area (Å²) in [6, 6.07) is 14.3. The fourth-order valence-corrected chi connectivity index (χ4v) is 4.22. The Balaban J connectivity index is 1.59. The van der Waals surface area contributed by atoms with Crippen molar-refractivity contribution in [2.75, 3.05) is 18.6 Å². The van der Waals surface area contributed by atoms with Crippen LogP contribution in [0.25, 0.3) is 0 Å².